The van der Waals surface area contributed by atoms with E-state index in [0.29, 0.717) is 44.6 Å². The monoisotopic (exact) mass is 357 g/mol. The normalized spacial score (nSPS) is 15.7. The number of nitrogens with one attached hydrogen (secondary N) is 1. The first-order chi connectivity index (χ1) is 11.8. The number of halogens is 3. The molecule has 0 aliphatic carbocycles. The third kappa shape index (κ3) is 5.65. The van der Waals surface area contributed by atoms with E-state index < -0.39 is 11.7 Å². The van der Waals surface area contributed by atoms with E-state index in [9.17, 15) is 22.8 Å². The Morgan fingerprint density at radius 2 is 1.80 bits per heavy atom. The lowest BCUT2D eigenvalue weighted by atomic mass is 10.1. The highest BCUT2D eigenvalue weighted by molar-refractivity contribution is 5.75. The largest absolute Gasteiger partial charge is 0.416 e. The van der Waals surface area contributed by atoms with Crippen molar-refractivity contribution in [1.82, 2.24) is 15.1 Å². The Kier molecular flexibility index (Phi) is 6.27. The minimum atomic E-state index is -4.37. The fraction of sp³-hybridized carbons (Fsp3) is 0.529. The Labute approximate surface area is 144 Å². The molecule has 0 spiro atoms. The topological polar surface area (TPSA) is 52.7 Å². The molecule has 2 rings (SSSR count). The molecule has 8 heteroatoms. The summed E-state index contributed by atoms with van der Waals surface area (Å²) in [4.78, 5) is 26.9. The zero-order valence-corrected chi connectivity index (χ0v) is 14.1. The van der Waals surface area contributed by atoms with Gasteiger partial charge in [-0.25, -0.2) is 4.79 Å². The van der Waals surface area contributed by atoms with Crippen molar-refractivity contribution in [3.8, 4) is 0 Å². The average Bonchev–Trinajstić information content (AvgIpc) is 2.80. The Balaban J connectivity index is 1.81. The summed E-state index contributed by atoms with van der Waals surface area (Å²) in [6, 6.07) is 4.85. The molecule has 3 amide bonds. The summed E-state index contributed by atoms with van der Waals surface area (Å²) >= 11 is 0. The van der Waals surface area contributed by atoms with E-state index in [2.05, 4.69) is 5.32 Å². The minimum Gasteiger partial charge on any atom is -0.341 e. The second-order valence-electron chi connectivity index (χ2n) is 6.03. The summed E-state index contributed by atoms with van der Waals surface area (Å²) in [5.41, 5.74) is -0.165. The van der Waals surface area contributed by atoms with Crippen LogP contribution in [0.2, 0.25) is 0 Å². The van der Waals surface area contributed by atoms with E-state index in [4.69, 9.17) is 0 Å². The van der Waals surface area contributed by atoms with Gasteiger partial charge in [0.25, 0.3) is 0 Å². The highest BCUT2D eigenvalue weighted by Gasteiger charge is 2.30. The van der Waals surface area contributed by atoms with E-state index in [1.165, 1.54) is 13.0 Å². The lowest BCUT2D eigenvalue weighted by Gasteiger charge is -2.21. The lowest BCUT2D eigenvalue weighted by molar-refractivity contribution is -0.137. The van der Waals surface area contributed by atoms with Crippen molar-refractivity contribution < 1.29 is 22.8 Å². The number of nitrogens with zero attached hydrogens (tertiary/aromatic N) is 2. The summed E-state index contributed by atoms with van der Waals surface area (Å²) in [6.07, 6.45) is -3.34. The number of carbonyl (C=O) groups is 2. The van der Waals surface area contributed by atoms with Crippen LogP contribution in [0.3, 0.4) is 0 Å². The van der Waals surface area contributed by atoms with Gasteiger partial charge in [0, 0.05) is 39.6 Å². The van der Waals surface area contributed by atoms with Gasteiger partial charge < -0.3 is 15.1 Å². The first kappa shape index (κ1) is 19.1. The molecule has 138 valence electrons. The molecule has 0 atom stereocenters. The second kappa shape index (κ2) is 8.22. The molecule has 0 radical (unpaired) electrons. The second-order valence-corrected chi connectivity index (χ2v) is 6.03. The molecule has 1 aromatic rings. The Hall–Kier alpha value is -2.25. The van der Waals surface area contributed by atoms with Crippen LogP contribution in [0, 0.1) is 0 Å². The number of rotatable bonds is 3. The number of hydrogen-bond donors (Lipinski definition) is 1. The van der Waals surface area contributed by atoms with Gasteiger partial charge in [0.05, 0.1) is 5.56 Å². The molecule has 1 aromatic carbocycles. The van der Waals surface area contributed by atoms with Crippen LogP contribution in [-0.2, 0) is 17.4 Å². The van der Waals surface area contributed by atoms with E-state index in [0.717, 1.165) is 12.1 Å². The Bertz CT molecular complexity index is 619. The van der Waals surface area contributed by atoms with Crippen molar-refractivity contribution in [2.24, 2.45) is 0 Å². The molecule has 0 unspecified atom stereocenters. The maximum atomic E-state index is 12.7. The van der Waals surface area contributed by atoms with E-state index in [1.807, 2.05) is 0 Å². The number of urea groups is 1. The third-order valence-corrected chi connectivity index (χ3v) is 4.17. The molecule has 25 heavy (non-hydrogen) atoms. The van der Waals surface area contributed by atoms with Crippen LogP contribution in [0.15, 0.2) is 24.3 Å². The van der Waals surface area contributed by atoms with Crippen molar-refractivity contribution >= 4 is 11.9 Å². The van der Waals surface area contributed by atoms with Gasteiger partial charge >= 0.3 is 12.2 Å². The highest BCUT2D eigenvalue weighted by atomic mass is 19.4. The van der Waals surface area contributed by atoms with Gasteiger partial charge in [-0.1, -0.05) is 18.2 Å². The highest BCUT2D eigenvalue weighted by Crippen LogP contribution is 2.29. The summed E-state index contributed by atoms with van der Waals surface area (Å²) in [5.74, 6) is -0.00759. The molecular weight excluding hydrogens is 335 g/mol. The van der Waals surface area contributed by atoms with Gasteiger partial charge in [-0.15, -0.1) is 0 Å². The van der Waals surface area contributed by atoms with E-state index >= 15 is 0 Å². The minimum absolute atomic E-state index is 0.00759. The van der Waals surface area contributed by atoms with Crippen molar-refractivity contribution in [3.05, 3.63) is 35.4 Å². The summed E-state index contributed by atoms with van der Waals surface area (Å²) in [7, 11) is 0. The van der Waals surface area contributed by atoms with Crippen LogP contribution >= 0.6 is 0 Å². The Morgan fingerprint density at radius 1 is 1.12 bits per heavy atom. The van der Waals surface area contributed by atoms with Gasteiger partial charge in [0.1, 0.15) is 0 Å². The van der Waals surface area contributed by atoms with Gasteiger partial charge in [-0.3, -0.25) is 4.79 Å². The number of carbonyl (C=O) groups excluding carboxylic acids is 2. The summed E-state index contributed by atoms with van der Waals surface area (Å²) in [5, 5.41) is 2.73. The molecule has 1 saturated heterocycles. The molecule has 0 bridgehead atoms. The number of benzene rings is 1. The lowest BCUT2D eigenvalue weighted by Crippen LogP contribution is -2.43. The molecule has 0 aromatic heterocycles. The van der Waals surface area contributed by atoms with Crippen LogP contribution in [0.5, 0.6) is 0 Å². The van der Waals surface area contributed by atoms with Crippen molar-refractivity contribution in [1.29, 1.82) is 0 Å². The molecular formula is C17H22F3N3O2. The zero-order chi connectivity index (χ0) is 18.4. The number of amides is 3. The molecule has 1 aliphatic heterocycles. The standard InChI is InChI=1S/C17H22F3N3O2/c1-13(24)22-8-3-9-23(11-10-22)16(25)21-7-6-14-4-2-5-15(12-14)17(18,19)20/h2,4-5,12H,3,6-11H2,1H3,(H,21,25). The van der Waals surface area contributed by atoms with Crippen LogP contribution in [0.1, 0.15) is 24.5 Å². The molecule has 1 heterocycles. The fourth-order valence-corrected chi connectivity index (χ4v) is 2.76. The van der Waals surface area contributed by atoms with Crippen LogP contribution in [-0.4, -0.2) is 54.5 Å². The molecule has 1 N–H and O–H groups in total. The smallest absolute Gasteiger partial charge is 0.341 e. The summed E-state index contributed by atoms with van der Waals surface area (Å²) < 4.78 is 38.1. The predicted octanol–water partition coefficient (Wildman–Crippen LogP) is 2.51. The van der Waals surface area contributed by atoms with Crippen molar-refractivity contribution in [3.63, 3.8) is 0 Å². The molecule has 5 nitrogen and oxygen atoms in total. The van der Waals surface area contributed by atoms with Gasteiger partial charge in [-0.2, -0.15) is 13.2 Å². The van der Waals surface area contributed by atoms with Crippen LogP contribution in [0.25, 0.3) is 0 Å². The fourth-order valence-electron chi connectivity index (χ4n) is 2.76. The third-order valence-electron chi connectivity index (χ3n) is 4.17. The van der Waals surface area contributed by atoms with E-state index in [-0.39, 0.29) is 18.5 Å². The van der Waals surface area contributed by atoms with Crippen LogP contribution in [0.4, 0.5) is 18.0 Å². The van der Waals surface area contributed by atoms with Crippen LogP contribution < -0.4 is 5.32 Å². The maximum absolute atomic E-state index is 12.7. The van der Waals surface area contributed by atoms with E-state index in [1.54, 1.807) is 15.9 Å². The quantitative estimate of drug-likeness (QED) is 0.904. The van der Waals surface area contributed by atoms with Gasteiger partial charge in [-0.05, 0) is 24.5 Å². The zero-order valence-electron chi connectivity index (χ0n) is 14.1. The number of alkyl halides is 3. The molecule has 0 saturated carbocycles. The van der Waals surface area contributed by atoms with Crippen molar-refractivity contribution in [2.75, 3.05) is 32.7 Å². The predicted molar refractivity (Wildman–Crippen MR) is 87.0 cm³/mol. The first-order valence-electron chi connectivity index (χ1n) is 8.22. The van der Waals surface area contributed by atoms with Crippen molar-refractivity contribution in [2.45, 2.75) is 25.9 Å². The maximum Gasteiger partial charge on any atom is 0.416 e. The SMILES string of the molecule is CC(=O)N1CCCN(C(=O)NCCc2cccc(C(F)(F)F)c2)CC1. The van der Waals surface area contributed by atoms with Gasteiger partial charge in [0.15, 0.2) is 0 Å². The number of hydrogen-bond acceptors (Lipinski definition) is 2. The molecule has 1 fully saturated rings. The average molecular weight is 357 g/mol. The first-order valence-corrected chi connectivity index (χ1v) is 8.22. The van der Waals surface area contributed by atoms with Gasteiger partial charge in [0.2, 0.25) is 5.91 Å². The molecule has 1 aliphatic rings. The Morgan fingerprint density at radius 3 is 2.48 bits per heavy atom. The summed E-state index contributed by atoms with van der Waals surface area (Å²) in [6.45, 7) is 3.89.